The third-order valence-corrected chi connectivity index (χ3v) is 2.84. The summed E-state index contributed by atoms with van der Waals surface area (Å²) in [6, 6.07) is 2.51. The van der Waals surface area contributed by atoms with Crippen LogP contribution in [0.3, 0.4) is 0 Å². The Morgan fingerprint density at radius 1 is 1.39 bits per heavy atom. The standard InChI is InChI=1S/C10H10Cl2N2O4/c11-6-4-8(13-3-1-2-10(15)16)9(14(17)18)5-7(6)12/h4-5,13H,1-3H2,(H,15,16). The quantitative estimate of drug-likeness (QED) is 0.477. The molecule has 0 aliphatic heterocycles. The summed E-state index contributed by atoms with van der Waals surface area (Å²) in [5.41, 5.74) is 0.0273. The number of hydrogen-bond acceptors (Lipinski definition) is 4. The Labute approximate surface area is 113 Å². The average molecular weight is 293 g/mol. The van der Waals surface area contributed by atoms with Crippen LogP contribution in [-0.2, 0) is 4.79 Å². The fraction of sp³-hybridized carbons (Fsp3) is 0.300. The van der Waals surface area contributed by atoms with Gasteiger partial charge in [-0.25, -0.2) is 0 Å². The minimum Gasteiger partial charge on any atom is -0.481 e. The molecule has 0 saturated carbocycles. The molecule has 0 bridgehead atoms. The first-order valence-corrected chi connectivity index (χ1v) is 5.76. The van der Waals surface area contributed by atoms with Crippen molar-refractivity contribution in [2.45, 2.75) is 12.8 Å². The summed E-state index contributed by atoms with van der Waals surface area (Å²) < 4.78 is 0. The van der Waals surface area contributed by atoms with Crippen molar-refractivity contribution in [3.63, 3.8) is 0 Å². The maximum atomic E-state index is 10.8. The van der Waals surface area contributed by atoms with Crippen molar-refractivity contribution in [1.29, 1.82) is 0 Å². The van der Waals surface area contributed by atoms with E-state index in [4.69, 9.17) is 28.3 Å². The number of nitrogens with zero attached hydrogens (tertiary/aromatic N) is 1. The SMILES string of the molecule is O=C(O)CCCNc1cc(Cl)c(Cl)cc1[N+](=O)[O-]. The number of aliphatic carboxylic acids is 1. The highest BCUT2D eigenvalue weighted by atomic mass is 35.5. The van der Waals surface area contributed by atoms with Gasteiger partial charge in [0.1, 0.15) is 5.69 Å². The zero-order chi connectivity index (χ0) is 13.7. The number of halogens is 2. The number of hydrogen-bond donors (Lipinski definition) is 2. The van der Waals surface area contributed by atoms with Gasteiger partial charge in [-0.3, -0.25) is 14.9 Å². The number of carbonyl (C=O) groups is 1. The number of nitrogens with one attached hydrogen (secondary N) is 1. The van der Waals surface area contributed by atoms with E-state index in [-0.39, 0.29) is 27.8 Å². The Kier molecular flexibility index (Phi) is 5.18. The number of carboxylic acids is 1. The number of nitro benzene ring substituents is 1. The lowest BCUT2D eigenvalue weighted by atomic mass is 10.2. The highest BCUT2D eigenvalue weighted by molar-refractivity contribution is 6.42. The Hall–Kier alpha value is -1.53. The number of benzene rings is 1. The van der Waals surface area contributed by atoms with Crippen LogP contribution in [0.15, 0.2) is 12.1 Å². The molecular weight excluding hydrogens is 283 g/mol. The molecule has 0 atom stereocenters. The summed E-state index contributed by atoms with van der Waals surface area (Å²) in [6.07, 6.45) is 0.342. The first-order valence-electron chi connectivity index (χ1n) is 5.01. The lowest BCUT2D eigenvalue weighted by Crippen LogP contribution is -2.06. The lowest BCUT2D eigenvalue weighted by Gasteiger charge is -2.07. The van der Waals surface area contributed by atoms with Crippen LogP contribution in [0, 0.1) is 10.1 Å². The Balaban J connectivity index is 2.77. The van der Waals surface area contributed by atoms with Gasteiger partial charge in [-0.1, -0.05) is 23.2 Å². The third kappa shape index (κ3) is 4.05. The van der Waals surface area contributed by atoms with Crippen LogP contribution >= 0.6 is 23.2 Å². The largest absolute Gasteiger partial charge is 0.481 e. The molecule has 1 aromatic carbocycles. The zero-order valence-corrected chi connectivity index (χ0v) is 10.7. The summed E-state index contributed by atoms with van der Waals surface area (Å²) in [6.45, 7) is 0.297. The van der Waals surface area contributed by atoms with Gasteiger partial charge in [0.15, 0.2) is 0 Å². The van der Waals surface area contributed by atoms with Crippen molar-refractivity contribution in [2.75, 3.05) is 11.9 Å². The summed E-state index contributed by atoms with van der Waals surface area (Å²) in [4.78, 5) is 20.5. The zero-order valence-electron chi connectivity index (χ0n) is 9.15. The summed E-state index contributed by atoms with van der Waals surface area (Å²) in [5, 5.41) is 22.3. The predicted octanol–water partition coefficient (Wildman–Crippen LogP) is 3.18. The molecule has 0 aromatic heterocycles. The van der Waals surface area contributed by atoms with Gasteiger partial charge in [0.05, 0.1) is 15.0 Å². The Morgan fingerprint density at radius 2 is 2.00 bits per heavy atom. The maximum absolute atomic E-state index is 10.8. The molecule has 0 fully saturated rings. The lowest BCUT2D eigenvalue weighted by molar-refractivity contribution is -0.383. The molecule has 0 aliphatic carbocycles. The van der Waals surface area contributed by atoms with Gasteiger partial charge in [-0.15, -0.1) is 0 Å². The molecule has 0 unspecified atom stereocenters. The molecule has 1 aromatic rings. The van der Waals surface area contributed by atoms with Crippen molar-refractivity contribution in [3.05, 3.63) is 32.3 Å². The number of anilines is 1. The molecule has 0 amide bonds. The monoisotopic (exact) mass is 292 g/mol. The van der Waals surface area contributed by atoms with Crippen LogP contribution < -0.4 is 5.32 Å². The van der Waals surface area contributed by atoms with Crippen molar-refractivity contribution in [1.82, 2.24) is 0 Å². The van der Waals surface area contributed by atoms with Crippen molar-refractivity contribution in [2.24, 2.45) is 0 Å². The summed E-state index contributed by atoms with van der Waals surface area (Å²) in [5.74, 6) is -0.916. The van der Waals surface area contributed by atoms with Crippen LogP contribution in [0.25, 0.3) is 0 Å². The summed E-state index contributed by atoms with van der Waals surface area (Å²) in [7, 11) is 0. The van der Waals surface area contributed by atoms with E-state index in [2.05, 4.69) is 5.32 Å². The molecule has 0 spiro atoms. The maximum Gasteiger partial charge on any atom is 0.303 e. The van der Waals surface area contributed by atoms with Crippen LogP contribution in [0.1, 0.15) is 12.8 Å². The third-order valence-electron chi connectivity index (χ3n) is 2.12. The van der Waals surface area contributed by atoms with Gasteiger partial charge < -0.3 is 10.4 Å². The molecule has 0 saturated heterocycles. The first kappa shape index (κ1) is 14.5. The Morgan fingerprint density at radius 3 is 2.56 bits per heavy atom. The first-order chi connectivity index (χ1) is 8.41. The molecular formula is C10H10Cl2N2O4. The second-order valence-corrected chi connectivity index (χ2v) is 4.28. The highest BCUT2D eigenvalue weighted by Gasteiger charge is 2.16. The fourth-order valence-corrected chi connectivity index (χ4v) is 1.61. The van der Waals surface area contributed by atoms with E-state index < -0.39 is 10.9 Å². The van der Waals surface area contributed by atoms with E-state index in [1.54, 1.807) is 0 Å². The smallest absolute Gasteiger partial charge is 0.303 e. The summed E-state index contributed by atoms with van der Waals surface area (Å²) >= 11 is 11.5. The second-order valence-electron chi connectivity index (χ2n) is 3.46. The van der Waals surface area contributed by atoms with Crippen LogP contribution in [0.2, 0.25) is 10.0 Å². The minimum atomic E-state index is -0.916. The molecule has 2 N–H and O–H groups in total. The van der Waals surface area contributed by atoms with Crippen molar-refractivity contribution < 1.29 is 14.8 Å². The van der Waals surface area contributed by atoms with Gasteiger partial charge in [-0.2, -0.15) is 0 Å². The van der Waals surface area contributed by atoms with Crippen molar-refractivity contribution >= 4 is 40.5 Å². The van der Waals surface area contributed by atoms with E-state index in [0.717, 1.165) is 6.07 Å². The van der Waals surface area contributed by atoms with Gasteiger partial charge in [0.2, 0.25) is 0 Å². The molecule has 1 rings (SSSR count). The topological polar surface area (TPSA) is 92.5 Å². The molecule has 8 heteroatoms. The molecule has 0 aliphatic rings. The molecule has 18 heavy (non-hydrogen) atoms. The number of rotatable bonds is 6. The van der Waals surface area contributed by atoms with Gasteiger partial charge in [0, 0.05) is 19.0 Å². The number of carboxylic acid groups (broad SMARTS) is 1. The fourth-order valence-electron chi connectivity index (χ4n) is 1.29. The second kappa shape index (κ2) is 6.42. The minimum absolute atomic E-state index is 0.0118. The van der Waals surface area contributed by atoms with E-state index in [1.807, 2.05) is 0 Å². The molecule has 98 valence electrons. The number of nitro groups is 1. The molecule has 0 radical (unpaired) electrons. The molecule has 6 nitrogen and oxygen atoms in total. The van der Waals surface area contributed by atoms with Gasteiger partial charge in [0.25, 0.3) is 5.69 Å². The van der Waals surface area contributed by atoms with E-state index in [0.29, 0.717) is 13.0 Å². The van der Waals surface area contributed by atoms with Crippen molar-refractivity contribution in [3.8, 4) is 0 Å². The van der Waals surface area contributed by atoms with Crippen LogP contribution in [0.5, 0.6) is 0 Å². The van der Waals surface area contributed by atoms with E-state index >= 15 is 0 Å². The normalized spacial score (nSPS) is 10.1. The van der Waals surface area contributed by atoms with Crippen LogP contribution in [0.4, 0.5) is 11.4 Å². The predicted molar refractivity (Wildman–Crippen MR) is 68.5 cm³/mol. The van der Waals surface area contributed by atoms with E-state index in [1.165, 1.54) is 6.07 Å². The van der Waals surface area contributed by atoms with Gasteiger partial charge in [-0.05, 0) is 12.5 Å². The van der Waals surface area contributed by atoms with E-state index in [9.17, 15) is 14.9 Å². The average Bonchev–Trinajstić information content (AvgIpc) is 2.28. The van der Waals surface area contributed by atoms with Gasteiger partial charge >= 0.3 is 5.97 Å². The van der Waals surface area contributed by atoms with Crippen LogP contribution in [-0.4, -0.2) is 22.5 Å². The Bertz CT molecular complexity index is 479. The molecule has 0 heterocycles. The highest BCUT2D eigenvalue weighted by Crippen LogP contribution is 2.33.